The molecule has 1 aliphatic carbocycles. The van der Waals surface area contributed by atoms with Crippen molar-refractivity contribution < 1.29 is 9.53 Å². The van der Waals surface area contributed by atoms with E-state index < -0.39 is 0 Å². The predicted octanol–water partition coefficient (Wildman–Crippen LogP) is 2.80. The second kappa shape index (κ2) is 12.3. The van der Waals surface area contributed by atoms with E-state index in [1.54, 1.807) is 7.11 Å². The monoisotopic (exact) mass is 388 g/mol. The van der Waals surface area contributed by atoms with Gasteiger partial charge in [0.25, 0.3) is 0 Å². The van der Waals surface area contributed by atoms with Crippen LogP contribution in [0.1, 0.15) is 50.2 Å². The maximum absolute atomic E-state index is 12.0. The molecule has 0 heterocycles. The minimum Gasteiger partial charge on any atom is -0.496 e. The molecule has 0 spiro atoms. The predicted molar refractivity (Wildman–Crippen MR) is 115 cm³/mol. The van der Waals surface area contributed by atoms with E-state index in [2.05, 4.69) is 39.1 Å². The van der Waals surface area contributed by atoms with Crippen molar-refractivity contribution in [2.75, 3.05) is 33.3 Å². The Balaban J connectivity index is 1.70. The molecule has 0 unspecified atom stereocenters. The van der Waals surface area contributed by atoms with E-state index in [0.717, 1.165) is 30.2 Å². The van der Waals surface area contributed by atoms with E-state index in [4.69, 9.17) is 4.74 Å². The molecule has 0 aromatic heterocycles. The number of carbonyl (C=O) groups excluding carboxylic acids is 1. The lowest BCUT2D eigenvalue weighted by molar-refractivity contribution is -0.121. The summed E-state index contributed by atoms with van der Waals surface area (Å²) < 4.78 is 5.38. The third-order valence-corrected chi connectivity index (χ3v) is 5.18. The van der Waals surface area contributed by atoms with Crippen molar-refractivity contribution >= 4 is 11.9 Å². The molecule has 0 bridgehead atoms. The van der Waals surface area contributed by atoms with Gasteiger partial charge >= 0.3 is 0 Å². The summed E-state index contributed by atoms with van der Waals surface area (Å²) in [5, 5.41) is 9.54. The molecule has 1 saturated carbocycles. The van der Waals surface area contributed by atoms with Crippen LogP contribution in [-0.4, -0.2) is 45.2 Å². The van der Waals surface area contributed by atoms with Gasteiger partial charge in [0.2, 0.25) is 5.91 Å². The van der Waals surface area contributed by atoms with E-state index in [1.165, 1.54) is 31.2 Å². The fourth-order valence-corrected chi connectivity index (χ4v) is 3.59. The lowest BCUT2D eigenvalue weighted by Gasteiger charge is -2.13. The maximum atomic E-state index is 12.0. The zero-order chi connectivity index (χ0) is 20.2. The number of hydrogen-bond donors (Lipinski definition) is 3. The summed E-state index contributed by atoms with van der Waals surface area (Å²) in [5.74, 6) is 2.46. The SMILES string of the molecule is CCNC(=NCCc1ccc(C)c(OC)c1)NCCNC(=O)CC1CCCC1. The molecule has 1 amide bonds. The minimum atomic E-state index is 0.170. The van der Waals surface area contributed by atoms with Crippen LogP contribution in [0.4, 0.5) is 0 Å². The van der Waals surface area contributed by atoms with Crippen LogP contribution in [0, 0.1) is 12.8 Å². The zero-order valence-corrected chi connectivity index (χ0v) is 17.6. The molecule has 156 valence electrons. The van der Waals surface area contributed by atoms with Gasteiger partial charge in [-0.3, -0.25) is 9.79 Å². The third kappa shape index (κ3) is 7.79. The van der Waals surface area contributed by atoms with E-state index in [9.17, 15) is 4.79 Å². The molecule has 28 heavy (non-hydrogen) atoms. The van der Waals surface area contributed by atoms with E-state index in [0.29, 0.717) is 32.0 Å². The Kier molecular flexibility index (Phi) is 9.66. The Labute approximate surface area is 169 Å². The number of guanidine groups is 1. The van der Waals surface area contributed by atoms with Crippen molar-refractivity contribution in [1.82, 2.24) is 16.0 Å². The quantitative estimate of drug-likeness (QED) is 0.327. The van der Waals surface area contributed by atoms with Gasteiger partial charge in [0.1, 0.15) is 5.75 Å². The lowest BCUT2D eigenvalue weighted by Crippen LogP contribution is -2.41. The Hall–Kier alpha value is -2.24. The lowest BCUT2D eigenvalue weighted by atomic mass is 10.0. The van der Waals surface area contributed by atoms with Crippen molar-refractivity contribution in [3.8, 4) is 5.75 Å². The first-order valence-corrected chi connectivity index (χ1v) is 10.5. The molecule has 6 nitrogen and oxygen atoms in total. The number of ether oxygens (including phenoxy) is 1. The fraction of sp³-hybridized carbons (Fsp3) is 0.636. The molecule has 1 aliphatic rings. The van der Waals surface area contributed by atoms with Crippen LogP contribution in [0.5, 0.6) is 5.75 Å². The van der Waals surface area contributed by atoms with Crippen LogP contribution >= 0.6 is 0 Å². The summed E-state index contributed by atoms with van der Waals surface area (Å²) in [4.78, 5) is 16.6. The summed E-state index contributed by atoms with van der Waals surface area (Å²) in [6, 6.07) is 6.27. The average molecular weight is 389 g/mol. The number of rotatable bonds is 10. The van der Waals surface area contributed by atoms with Crippen molar-refractivity contribution in [2.24, 2.45) is 10.9 Å². The number of carbonyl (C=O) groups is 1. The number of amides is 1. The Morgan fingerprint density at radius 2 is 1.93 bits per heavy atom. The van der Waals surface area contributed by atoms with Gasteiger partial charge in [-0.05, 0) is 56.2 Å². The zero-order valence-electron chi connectivity index (χ0n) is 17.6. The molecule has 3 N–H and O–H groups in total. The highest BCUT2D eigenvalue weighted by atomic mass is 16.5. The number of methoxy groups -OCH3 is 1. The molecular weight excluding hydrogens is 352 g/mol. The topological polar surface area (TPSA) is 74.8 Å². The van der Waals surface area contributed by atoms with Crippen LogP contribution in [-0.2, 0) is 11.2 Å². The van der Waals surface area contributed by atoms with Crippen molar-refractivity contribution in [1.29, 1.82) is 0 Å². The molecule has 2 rings (SSSR count). The molecule has 0 aliphatic heterocycles. The van der Waals surface area contributed by atoms with Gasteiger partial charge in [-0.25, -0.2) is 0 Å². The van der Waals surface area contributed by atoms with Crippen molar-refractivity contribution in [3.05, 3.63) is 29.3 Å². The Morgan fingerprint density at radius 3 is 2.64 bits per heavy atom. The van der Waals surface area contributed by atoms with Gasteiger partial charge in [0.15, 0.2) is 5.96 Å². The first kappa shape index (κ1) is 22.1. The molecule has 0 saturated heterocycles. The van der Waals surface area contributed by atoms with E-state index in [1.807, 2.05) is 13.8 Å². The number of hydrogen-bond acceptors (Lipinski definition) is 3. The summed E-state index contributed by atoms with van der Waals surface area (Å²) in [5.41, 5.74) is 2.35. The highest BCUT2D eigenvalue weighted by molar-refractivity contribution is 5.80. The fourth-order valence-electron chi connectivity index (χ4n) is 3.59. The largest absolute Gasteiger partial charge is 0.496 e. The molecule has 6 heteroatoms. The Bertz CT molecular complexity index is 639. The van der Waals surface area contributed by atoms with E-state index >= 15 is 0 Å². The number of benzene rings is 1. The number of nitrogens with zero attached hydrogens (tertiary/aromatic N) is 1. The molecule has 0 atom stereocenters. The number of aryl methyl sites for hydroxylation is 1. The first-order chi connectivity index (χ1) is 13.6. The molecule has 0 radical (unpaired) electrons. The highest BCUT2D eigenvalue weighted by Crippen LogP contribution is 2.27. The molecule has 1 fully saturated rings. The van der Waals surface area contributed by atoms with Crippen molar-refractivity contribution in [3.63, 3.8) is 0 Å². The summed E-state index contributed by atoms with van der Waals surface area (Å²) in [7, 11) is 1.70. The third-order valence-electron chi connectivity index (χ3n) is 5.18. The second-order valence-electron chi connectivity index (χ2n) is 7.45. The van der Waals surface area contributed by atoms with E-state index in [-0.39, 0.29) is 5.91 Å². The average Bonchev–Trinajstić information content (AvgIpc) is 3.19. The summed E-state index contributed by atoms with van der Waals surface area (Å²) in [6.07, 6.45) is 6.49. The Morgan fingerprint density at radius 1 is 1.18 bits per heavy atom. The smallest absolute Gasteiger partial charge is 0.220 e. The normalized spacial score (nSPS) is 14.8. The van der Waals surface area contributed by atoms with Gasteiger partial charge in [0.05, 0.1) is 7.11 Å². The molecule has 1 aromatic carbocycles. The highest BCUT2D eigenvalue weighted by Gasteiger charge is 2.17. The van der Waals surface area contributed by atoms with Gasteiger partial charge in [-0.2, -0.15) is 0 Å². The molecular formula is C22H36N4O2. The maximum Gasteiger partial charge on any atom is 0.220 e. The van der Waals surface area contributed by atoms with Crippen LogP contribution in [0.25, 0.3) is 0 Å². The first-order valence-electron chi connectivity index (χ1n) is 10.5. The summed E-state index contributed by atoms with van der Waals surface area (Å²) >= 11 is 0. The van der Waals surface area contributed by atoms with Crippen LogP contribution < -0.4 is 20.7 Å². The van der Waals surface area contributed by atoms with Gasteiger partial charge in [-0.15, -0.1) is 0 Å². The standard InChI is InChI=1S/C22H36N4O2/c1-4-23-22(25-12-11-19-10-9-17(2)20(15-19)28-3)26-14-13-24-21(27)16-18-7-5-6-8-18/h9-10,15,18H,4-8,11-14,16H2,1-3H3,(H,24,27)(H2,23,25,26). The van der Waals surface area contributed by atoms with Gasteiger partial charge < -0.3 is 20.7 Å². The van der Waals surface area contributed by atoms with Crippen LogP contribution in [0.3, 0.4) is 0 Å². The van der Waals surface area contributed by atoms with Crippen LogP contribution in [0.2, 0.25) is 0 Å². The second-order valence-corrected chi connectivity index (χ2v) is 7.45. The van der Waals surface area contributed by atoms with Gasteiger partial charge in [0, 0.05) is 32.6 Å². The molecule has 1 aromatic rings. The van der Waals surface area contributed by atoms with Gasteiger partial charge in [-0.1, -0.05) is 25.0 Å². The minimum absolute atomic E-state index is 0.170. The van der Waals surface area contributed by atoms with Crippen LogP contribution in [0.15, 0.2) is 23.2 Å². The van der Waals surface area contributed by atoms with Crippen molar-refractivity contribution in [2.45, 2.75) is 52.4 Å². The number of nitrogens with one attached hydrogen (secondary N) is 3. The summed E-state index contributed by atoms with van der Waals surface area (Å²) in [6.45, 7) is 6.87. The number of aliphatic imine (C=N–C) groups is 1.